The minimum Gasteiger partial charge on any atom is -0.495 e. The van der Waals surface area contributed by atoms with Gasteiger partial charge in [0.05, 0.1) is 30.5 Å². The summed E-state index contributed by atoms with van der Waals surface area (Å²) in [7, 11) is 1.64. The number of hydrogen-bond donors (Lipinski definition) is 1. The molecule has 0 bridgehead atoms. The highest BCUT2D eigenvalue weighted by molar-refractivity contribution is 5.60. The van der Waals surface area contributed by atoms with Crippen molar-refractivity contribution < 1.29 is 4.74 Å². The van der Waals surface area contributed by atoms with Gasteiger partial charge >= 0.3 is 0 Å². The molecule has 3 heteroatoms. The third-order valence-corrected chi connectivity index (χ3v) is 4.03. The first kappa shape index (κ1) is 13.5. The second kappa shape index (κ2) is 5.88. The molecule has 3 nitrogen and oxygen atoms in total. The van der Waals surface area contributed by atoms with Crippen molar-refractivity contribution in [1.29, 1.82) is 5.26 Å². The lowest BCUT2D eigenvalue weighted by atomic mass is 9.87. The molecule has 21 heavy (non-hydrogen) atoms. The third-order valence-electron chi connectivity index (χ3n) is 4.03. The van der Waals surface area contributed by atoms with E-state index in [0.717, 1.165) is 24.3 Å². The lowest BCUT2D eigenvalue weighted by molar-refractivity contribution is 0.415. The van der Waals surface area contributed by atoms with E-state index in [0.29, 0.717) is 11.6 Å². The van der Waals surface area contributed by atoms with Crippen LogP contribution in [0.15, 0.2) is 42.5 Å². The fraction of sp³-hybridized carbons (Fsp3) is 0.278. The number of hydrogen-bond acceptors (Lipinski definition) is 3. The summed E-state index contributed by atoms with van der Waals surface area (Å²) in [4.78, 5) is 0. The maximum atomic E-state index is 8.97. The fourth-order valence-electron chi connectivity index (χ4n) is 2.97. The zero-order valence-electron chi connectivity index (χ0n) is 12.1. The van der Waals surface area contributed by atoms with Gasteiger partial charge in [-0.05, 0) is 42.5 Å². The number of anilines is 1. The van der Waals surface area contributed by atoms with Crippen LogP contribution in [0, 0.1) is 11.3 Å². The van der Waals surface area contributed by atoms with Crippen molar-refractivity contribution >= 4 is 5.69 Å². The van der Waals surface area contributed by atoms with Crippen molar-refractivity contribution in [3.05, 3.63) is 59.2 Å². The van der Waals surface area contributed by atoms with Gasteiger partial charge in [0.25, 0.3) is 0 Å². The Morgan fingerprint density at radius 3 is 2.90 bits per heavy atom. The number of nitriles is 1. The fourth-order valence-corrected chi connectivity index (χ4v) is 2.97. The lowest BCUT2D eigenvalue weighted by Crippen LogP contribution is -2.17. The molecule has 3 rings (SSSR count). The molecule has 1 aliphatic rings. The van der Waals surface area contributed by atoms with Crippen molar-refractivity contribution in [2.75, 3.05) is 12.4 Å². The van der Waals surface area contributed by atoms with Gasteiger partial charge in [-0.25, -0.2) is 0 Å². The number of nitrogens with one attached hydrogen (secondary N) is 1. The second-order valence-corrected chi connectivity index (χ2v) is 5.31. The molecule has 2 aromatic rings. The van der Waals surface area contributed by atoms with Gasteiger partial charge in [-0.15, -0.1) is 0 Å². The normalized spacial score (nSPS) is 16.7. The first-order valence-electron chi connectivity index (χ1n) is 7.24. The van der Waals surface area contributed by atoms with E-state index in [9.17, 15) is 0 Å². The van der Waals surface area contributed by atoms with E-state index in [1.165, 1.54) is 17.5 Å². The zero-order valence-corrected chi connectivity index (χ0v) is 12.1. The van der Waals surface area contributed by atoms with Crippen LogP contribution >= 0.6 is 0 Å². The molecule has 0 aromatic heterocycles. The highest BCUT2D eigenvalue weighted by Gasteiger charge is 2.20. The highest BCUT2D eigenvalue weighted by Crippen LogP contribution is 2.35. The van der Waals surface area contributed by atoms with Crippen LogP contribution in [0.2, 0.25) is 0 Å². The molecule has 0 heterocycles. The van der Waals surface area contributed by atoms with E-state index in [2.05, 4.69) is 35.7 Å². The molecule has 2 aromatic carbocycles. The summed E-state index contributed by atoms with van der Waals surface area (Å²) in [5, 5.41) is 12.5. The molecular weight excluding hydrogens is 260 g/mol. The largest absolute Gasteiger partial charge is 0.495 e. The predicted molar refractivity (Wildman–Crippen MR) is 83.5 cm³/mol. The van der Waals surface area contributed by atoms with Gasteiger partial charge in [0.15, 0.2) is 0 Å². The van der Waals surface area contributed by atoms with Crippen molar-refractivity contribution in [3.63, 3.8) is 0 Å². The maximum absolute atomic E-state index is 8.97. The molecule has 1 unspecified atom stereocenters. The Kier molecular flexibility index (Phi) is 3.79. The Morgan fingerprint density at radius 1 is 1.24 bits per heavy atom. The molecule has 0 saturated carbocycles. The smallest absolute Gasteiger partial charge is 0.143 e. The van der Waals surface area contributed by atoms with Crippen molar-refractivity contribution in [1.82, 2.24) is 0 Å². The van der Waals surface area contributed by atoms with Gasteiger partial charge in [0, 0.05) is 6.07 Å². The molecule has 1 aliphatic carbocycles. The Bertz CT molecular complexity index is 688. The van der Waals surface area contributed by atoms with E-state index < -0.39 is 0 Å². The minimum absolute atomic E-state index is 0.303. The summed E-state index contributed by atoms with van der Waals surface area (Å²) in [6.07, 6.45) is 3.45. The molecule has 1 N–H and O–H groups in total. The Labute approximate surface area is 125 Å². The zero-order chi connectivity index (χ0) is 14.7. The Balaban J connectivity index is 1.90. The molecule has 0 saturated heterocycles. The average molecular weight is 278 g/mol. The molecule has 0 spiro atoms. The van der Waals surface area contributed by atoms with Crippen LogP contribution in [0.5, 0.6) is 5.75 Å². The number of methoxy groups -OCH3 is 1. The van der Waals surface area contributed by atoms with Gasteiger partial charge in [-0.3, -0.25) is 0 Å². The van der Waals surface area contributed by atoms with Crippen LogP contribution in [0.4, 0.5) is 5.69 Å². The third kappa shape index (κ3) is 2.71. The average Bonchev–Trinajstić information content (AvgIpc) is 2.55. The first-order chi connectivity index (χ1) is 10.3. The molecule has 0 aliphatic heterocycles. The standard InChI is InChI=1S/C18H18N2O/c1-21-18-11-13(12-19)9-10-17(18)20-16-8-4-6-14-5-2-3-7-15(14)16/h2-3,5,7,9-11,16,20H,4,6,8H2,1H3. The van der Waals surface area contributed by atoms with E-state index in [1.807, 2.05) is 12.1 Å². The summed E-state index contributed by atoms with van der Waals surface area (Å²) in [6.45, 7) is 0. The van der Waals surface area contributed by atoms with Gasteiger partial charge in [0.1, 0.15) is 5.75 Å². The van der Waals surface area contributed by atoms with Crippen LogP contribution in [-0.4, -0.2) is 7.11 Å². The monoisotopic (exact) mass is 278 g/mol. The maximum Gasteiger partial charge on any atom is 0.143 e. The molecular formula is C18H18N2O. The number of nitrogens with zero attached hydrogens (tertiary/aromatic N) is 1. The predicted octanol–water partition coefficient (Wildman–Crippen LogP) is 4.06. The van der Waals surface area contributed by atoms with Crippen LogP contribution < -0.4 is 10.1 Å². The molecule has 1 atom stereocenters. The van der Waals surface area contributed by atoms with E-state index in [4.69, 9.17) is 10.00 Å². The summed E-state index contributed by atoms with van der Waals surface area (Å²) in [5.74, 6) is 0.720. The number of aryl methyl sites for hydroxylation is 1. The second-order valence-electron chi connectivity index (χ2n) is 5.31. The van der Waals surface area contributed by atoms with Crippen LogP contribution in [-0.2, 0) is 6.42 Å². The molecule has 0 amide bonds. The van der Waals surface area contributed by atoms with Crippen molar-refractivity contribution in [3.8, 4) is 11.8 Å². The molecule has 0 radical (unpaired) electrons. The summed E-state index contributed by atoms with van der Waals surface area (Å²) in [6, 6.07) is 16.6. The summed E-state index contributed by atoms with van der Waals surface area (Å²) >= 11 is 0. The van der Waals surface area contributed by atoms with Crippen molar-refractivity contribution in [2.45, 2.75) is 25.3 Å². The number of ether oxygens (including phenoxy) is 1. The molecule has 106 valence electrons. The SMILES string of the molecule is COc1cc(C#N)ccc1NC1CCCc2ccccc21. The van der Waals surface area contributed by atoms with E-state index in [-0.39, 0.29) is 0 Å². The van der Waals surface area contributed by atoms with Crippen LogP contribution in [0.1, 0.15) is 35.6 Å². The van der Waals surface area contributed by atoms with Gasteiger partial charge in [-0.2, -0.15) is 5.26 Å². The van der Waals surface area contributed by atoms with Crippen LogP contribution in [0.25, 0.3) is 0 Å². The topological polar surface area (TPSA) is 45.0 Å². The Hall–Kier alpha value is -2.47. The molecule has 0 fully saturated rings. The Morgan fingerprint density at radius 2 is 2.10 bits per heavy atom. The number of rotatable bonds is 3. The summed E-state index contributed by atoms with van der Waals surface area (Å²) in [5.41, 5.74) is 4.35. The van der Waals surface area contributed by atoms with Gasteiger partial charge in [0.2, 0.25) is 0 Å². The van der Waals surface area contributed by atoms with E-state index >= 15 is 0 Å². The number of benzene rings is 2. The number of fused-ring (bicyclic) bond motifs is 1. The quantitative estimate of drug-likeness (QED) is 0.921. The lowest BCUT2D eigenvalue weighted by Gasteiger charge is -2.27. The highest BCUT2D eigenvalue weighted by atomic mass is 16.5. The first-order valence-corrected chi connectivity index (χ1v) is 7.24. The van der Waals surface area contributed by atoms with Crippen LogP contribution in [0.3, 0.4) is 0 Å². The summed E-state index contributed by atoms with van der Waals surface area (Å²) < 4.78 is 5.40. The van der Waals surface area contributed by atoms with Gasteiger partial charge in [-0.1, -0.05) is 24.3 Å². The minimum atomic E-state index is 0.303. The van der Waals surface area contributed by atoms with E-state index in [1.54, 1.807) is 13.2 Å². The van der Waals surface area contributed by atoms with Crippen molar-refractivity contribution in [2.24, 2.45) is 0 Å². The van der Waals surface area contributed by atoms with Gasteiger partial charge < -0.3 is 10.1 Å².